The van der Waals surface area contributed by atoms with Crippen molar-refractivity contribution in [2.24, 2.45) is 5.92 Å². The van der Waals surface area contributed by atoms with Crippen molar-refractivity contribution < 1.29 is 12.6 Å². The Balaban J connectivity index is 2.15. The van der Waals surface area contributed by atoms with Crippen LogP contribution in [0, 0.1) is 5.92 Å². The Morgan fingerprint density at radius 3 is 2.04 bits per heavy atom. The minimum Gasteiger partial charge on any atom is -0.371 e. The Labute approximate surface area is 157 Å². The SMILES string of the molecule is CC(C)CC(NS(=O)(=O)Oc1ccc(C(C)(C)C)cc1)c1ccccc1. The smallest absolute Gasteiger partial charge is 0.371 e. The maximum absolute atomic E-state index is 12.5. The molecule has 0 radical (unpaired) electrons. The molecule has 0 aliphatic rings. The van der Waals surface area contributed by atoms with Gasteiger partial charge in [0.15, 0.2) is 0 Å². The van der Waals surface area contributed by atoms with Crippen LogP contribution in [0.2, 0.25) is 0 Å². The third-order valence-electron chi connectivity index (χ3n) is 4.12. The first kappa shape index (κ1) is 20.5. The lowest BCUT2D eigenvalue weighted by Gasteiger charge is -2.21. The van der Waals surface area contributed by atoms with Crippen LogP contribution in [-0.4, -0.2) is 8.42 Å². The van der Waals surface area contributed by atoms with Gasteiger partial charge in [-0.3, -0.25) is 0 Å². The fraction of sp³-hybridized carbons (Fsp3) is 0.429. The van der Waals surface area contributed by atoms with E-state index in [0.717, 1.165) is 11.1 Å². The molecule has 0 heterocycles. The molecule has 0 saturated heterocycles. The molecule has 26 heavy (non-hydrogen) atoms. The highest BCUT2D eigenvalue weighted by Crippen LogP contribution is 2.26. The Hall–Kier alpha value is -1.85. The zero-order valence-corrected chi connectivity index (χ0v) is 17.0. The molecule has 0 bridgehead atoms. The summed E-state index contributed by atoms with van der Waals surface area (Å²) in [6, 6.07) is 16.4. The molecule has 0 amide bonds. The van der Waals surface area contributed by atoms with Gasteiger partial charge in [0.05, 0.1) is 6.04 Å². The predicted molar refractivity (Wildman–Crippen MR) is 106 cm³/mol. The summed E-state index contributed by atoms with van der Waals surface area (Å²) in [5.41, 5.74) is 2.05. The molecule has 1 unspecified atom stereocenters. The number of hydrogen-bond donors (Lipinski definition) is 1. The van der Waals surface area contributed by atoms with Crippen LogP contribution in [0.1, 0.15) is 58.2 Å². The van der Waals surface area contributed by atoms with Crippen molar-refractivity contribution in [2.45, 2.75) is 52.5 Å². The van der Waals surface area contributed by atoms with Gasteiger partial charge in [-0.05, 0) is 41.0 Å². The number of rotatable bonds is 7. The average Bonchev–Trinajstić information content (AvgIpc) is 2.53. The quantitative estimate of drug-likeness (QED) is 0.742. The van der Waals surface area contributed by atoms with Gasteiger partial charge < -0.3 is 4.18 Å². The largest absolute Gasteiger partial charge is 0.383 e. The molecular weight excluding hydrogens is 346 g/mol. The van der Waals surface area contributed by atoms with E-state index in [9.17, 15) is 8.42 Å². The second-order valence-electron chi connectivity index (χ2n) is 8.02. The first-order chi connectivity index (χ1) is 12.1. The monoisotopic (exact) mass is 375 g/mol. The average molecular weight is 376 g/mol. The topological polar surface area (TPSA) is 55.4 Å². The van der Waals surface area contributed by atoms with Gasteiger partial charge in [-0.15, -0.1) is 0 Å². The zero-order valence-electron chi connectivity index (χ0n) is 16.2. The van der Waals surface area contributed by atoms with Crippen molar-refractivity contribution in [3.8, 4) is 5.75 Å². The maximum Gasteiger partial charge on any atom is 0.383 e. The van der Waals surface area contributed by atoms with E-state index in [0.29, 0.717) is 18.1 Å². The van der Waals surface area contributed by atoms with Gasteiger partial charge in [0.1, 0.15) is 5.75 Å². The molecule has 0 aliphatic carbocycles. The molecule has 2 aromatic rings. The Morgan fingerprint density at radius 2 is 1.54 bits per heavy atom. The van der Waals surface area contributed by atoms with E-state index in [1.807, 2.05) is 42.5 Å². The van der Waals surface area contributed by atoms with Crippen LogP contribution >= 0.6 is 0 Å². The standard InChI is InChI=1S/C21H29NO3S/c1-16(2)15-20(17-9-7-6-8-10-17)22-26(23,24)25-19-13-11-18(12-14-19)21(3,4)5/h6-14,16,20,22H,15H2,1-5H3. The van der Waals surface area contributed by atoms with Gasteiger partial charge >= 0.3 is 10.3 Å². The summed E-state index contributed by atoms with van der Waals surface area (Å²) in [5.74, 6) is 0.649. The van der Waals surface area contributed by atoms with E-state index in [-0.39, 0.29) is 11.5 Å². The summed E-state index contributed by atoms with van der Waals surface area (Å²) in [7, 11) is -3.93. The molecule has 0 aromatic heterocycles. The van der Waals surface area contributed by atoms with Crippen LogP contribution in [0.15, 0.2) is 54.6 Å². The van der Waals surface area contributed by atoms with E-state index in [1.165, 1.54) is 0 Å². The van der Waals surface area contributed by atoms with Crippen molar-refractivity contribution in [3.63, 3.8) is 0 Å². The molecule has 2 aromatic carbocycles. The van der Waals surface area contributed by atoms with Crippen LogP contribution in [0.4, 0.5) is 0 Å². The highest BCUT2D eigenvalue weighted by Gasteiger charge is 2.22. The summed E-state index contributed by atoms with van der Waals surface area (Å²) in [6.07, 6.45) is 0.690. The Kier molecular flexibility index (Phi) is 6.48. The fourth-order valence-corrected chi connectivity index (χ4v) is 3.74. The fourth-order valence-electron chi connectivity index (χ4n) is 2.74. The summed E-state index contributed by atoms with van der Waals surface area (Å²) in [5, 5.41) is 0. The van der Waals surface area contributed by atoms with Gasteiger partial charge in [-0.1, -0.05) is 77.1 Å². The van der Waals surface area contributed by atoms with Crippen molar-refractivity contribution in [1.82, 2.24) is 4.72 Å². The first-order valence-electron chi connectivity index (χ1n) is 8.94. The van der Waals surface area contributed by atoms with Crippen molar-refractivity contribution in [3.05, 3.63) is 65.7 Å². The highest BCUT2D eigenvalue weighted by atomic mass is 32.2. The summed E-state index contributed by atoms with van der Waals surface area (Å²) in [6.45, 7) is 10.5. The number of hydrogen-bond acceptors (Lipinski definition) is 3. The van der Waals surface area contributed by atoms with Crippen LogP contribution in [0.25, 0.3) is 0 Å². The molecule has 142 valence electrons. The molecule has 0 aliphatic heterocycles. The first-order valence-corrected chi connectivity index (χ1v) is 10.3. The molecule has 1 N–H and O–H groups in total. The van der Waals surface area contributed by atoms with Crippen molar-refractivity contribution in [1.29, 1.82) is 0 Å². The molecule has 5 heteroatoms. The molecule has 0 spiro atoms. The Morgan fingerprint density at radius 1 is 0.962 bits per heavy atom. The van der Waals surface area contributed by atoms with Gasteiger partial charge in [-0.25, -0.2) is 0 Å². The minimum absolute atomic E-state index is 0.00528. The van der Waals surface area contributed by atoms with Gasteiger partial charge in [0.2, 0.25) is 0 Å². The third kappa shape index (κ3) is 6.15. The van der Waals surface area contributed by atoms with Gasteiger partial charge in [0.25, 0.3) is 0 Å². The minimum atomic E-state index is -3.93. The zero-order chi connectivity index (χ0) is 19.4. The van der Waals surface area contributed by atoms with Crippen LogP contribution in [0.3, 0.4) is 0 Å². The molecule has 2 rings (SSSR count). The van der Waals surface area contributed by atoms with E-state index < -0.39 is 10.3 Å². The second kappa shape index (κ2) is 8.23. The second-order valence-corrected chi connectivity index (χ2v) is 9.33. The number of benzene rings is 2. The van der Waals surface area contributed by atoms with E-state index >= 15 is 0 Å². The predicted octanol–water partition coefficient (Wildman–Crippen LogP) is 4.98. The van der Waals surface area contributed by atoms with Crippen LogP contribution in [-0.2, 0) is 15.7 Å². The maximum atomic E-state index is 12.5. The summed E-state index contributed by atoms with van der Waals surface area (Å²) in [4.78, 5) is 0. The van der Waals surface area contributed by atoms with E-state index in [1.54, 1.807) is 12.1 Å². The van der Waals surface area contributed by atoms with Crippen LogP contribution in [0.5, 0.6) is 5.75 Å². The molecule has 0 fully saturated rings. The van der Waals surface area contributed by atoms with Crippen LogP contribution < -0.4 is 8.91 Å². The lowest BCUT2D eigenvalue weighted by molar-refractivity contribution is 0.429. The molecule has 0 saturated carbocycles. The van der Waals surface area contributed by atoms with Gasteiger partial charge in [-0.2, -0.15) is 13.1 Å². The van der Waals surface area contributed by atoms with E-state index in [4.69, 9.17) is 4.18 Å². The summed E-state index contributed by atoms with van der Waals surface area (Å²) < 4.78 is 33.0. The van der Waals surface area contributed by atoms with E-state index in [2.05, 4.69) is 39.3 Å². The van der Waals surface area contributed by atoms with Crippen molar-refractivity contribution in [2.75, 3.05) is 0 Å². The normalized spacial score (nSPS) is 13.6. The van der Waals surface area contributed by atoms with Crippen molar-refractivity contribution >= 4 is 10.3 Å². The van der Waals surface area contributed by atoms with Gasteiger partial charge in [0, 0.05) is 0 Å². The molecule has 1 atom stereocenters. The highest BCUT2D eigenvalue weighted by molar-refractivity contribution is 7.85. The Bertz CT molecular complexity index is 791. The summed E-state index contributed by atoms with van der Waals surface area (Å²) >= 11 is 0. The number of nitrogens with one attached hydrogen (secondary N) is 1. The lowest BCUT2D eigenvalue weighted by Crippen LogP contribution is -2.33. The lowest BCUT2D eigenvalue weighted by atomic mass is 9.87. The molecule has 4 nitrogen and oxygen atoms in total. The third-order valence-corrected chi connectivity index (χ3v) is 5.11. The molecular formula is C21H29NO3S.